The molecule has 2 aliphatic rings. The Hall–Kier alpha value is -3.60. The summed E-state index contributed by atoms with van der Waals surface area (Å²) in [6.07, 6.45) is 0. The van der Waals surface area contributed by atoms with Crippen LogP contribution < -0.4 is 9.47 Å². The topological polar surface area (TPSA) is 52.6 Å². The Morgan fingerprint density at radius 1 is 0.529 bits per heavy atom. The Bertz CT molecular complexity index is 1360. The molecule has 2 aliphatic heterocycles. The van der Waals surface area contributed by atoms with Crippen molar-refractivity contribution in [3.8, 4) is 11.5 Å². The van der Waals surface area contributed by atoms with E-state index in [1.807, 2.05) is 60.7 Å². The third-order valence-corrected chi connectivity index (χ3v) is 7.16. The minimum atomic E-state index is -1.62. The zero-order valence-electron chi connectivity index (χ0n) is 17.6. The molecule has 2 heterocycles. The number of hydrogen-bond donors (Lipinski definition) is 0. The van der Waals surface area contributed by atoms with Crippen LogP contribution in [0.15, 0.2) is 97.1 Å². The lowest BCUT2D eigenvalue weighted by atomic mass is 9.52. The van der Waals surface area contributed by atoms with Crippen LogP contribution in [0.3, 0.4) is 0 Å². The zero-order chi connectivity index (χ0) is 23.5. The fourth-order valence-electron chi connectivity index (χ4n) is 5.41. The monoisotopic (exact) mass is 486 g/mol. The number of benzene rings is 4. The van der Waals surface area contributed by atoms with Crippen LogP contribution in [0.25, 0.3) is 0 Å². The first-order valence-corrected chi connectivity index (χ1v) is 11.4. The molecule has 0 fully saturated rings. The Balaban J connectivity index is 1.86. The van der Waals surface area contributed by atoms with Crippen LogP contribution >= 0.6 is 23.2 Å². The van der Waals surface area contributed by atoms with E-state index in [-0.39, 0.29) is 0 Å². The van der Waals surface area contributed by atoms with Crippen LogP contribution in [-0.4, -0.2) is 11.9 Å². The van der Waals surface area contributed by atoms with E-state index in [2.05, 4.69) is 0 Å². The maximum Gasteiger partial charge on any atom is 0.328 e. The molecule has 0 aliphatic carbocycles. The van der Waals surface area contributed by atoms with Crippen LogP contribution in [-0.2, 0) is 20.4 Å². The molecule has 0 unspecified atom stereocenters. The lowest BCUT2D eigenvalue weighted by Gasteiger charge is -2.42. The van der Waals surface area contributed by atoms with E-state index in [0.717, 1.165) is 0 Å². The number of carbonyl (C=O) groups excluding carboxylic acids is 2. The fourth-order valence-corrected chi connectivity index (χ4v) is 5.75. The van der Waals surface area contributed by atoms with Crippen molar-refractivity contribution in [3.05, 3.63) is 129 Å². The van der Waals surface area contributed by atoms with Gasteiger partial charge in [0.15, 0.2) is 0 Å². The summed E-state index contributed by atoms with van der Waals surface area (Å²) < 4.78 is 11.7. The number of rotatable bonds is 3. The second-order valence-electron chi connectivity index (χ2n) is 8.29. The molecular formula is C28H16Cl2O4. The van der Waals surface area contributed by atoms with E-state index in [1.165, 1.54) is 0 Å². The van der Waals surface area contributed by atoms with Crippen molar-refractivity contribution in [2.45, 2.75) is 10.8 Å². The lowest BCUT2D eigenvalue weighted by molar-refractivity contribution is -0.147. The summed E-state index contributed by atoms with van der Waals surface area (Å²) in [6.45, 7) is 0. The number of ether oxygens (including phenoxy) is 2. The second kappa shape index (κ2) is 7.45. The highest BCUT2D eigenvalue weighted by Gasteiger charge is 2.72. The molecule has 0 aromatic heterocycles. The summed E-state index contributed by atoms with van der Waals surface area (Å²) in [6, 6.07) is 28.3. The number of esters is 2. The quantitative estimate of drug-likeness (QED) is 0.259. The largest absolute Gasteiger partial charge is 0.425 e. The number of fused-ring (bicyclic) bond motifs is 2. The van der Waals surface area contributed by atoms with Crippen molar-refractivity contribution in [2.75, 3.05) is 0 Å². The van der Waals surface area contributed by atoms with Gasteiger partial charge in [0, 0.05) is 21.2 Å². The van der Waals surface area contributed by atoms with E-state index in [1.54, 1.807) is 36.4 Å². The normalized spacial score (nSPS) is 22.6. The van der Waals surface area contributed by atoms with Gasteiger partial charge in [0.1, 0.15) is 22.3 Å². The summed E-state index contributed by atoms with van der Waals surface area (Å²) in [5, 5.41) is 0.830. The average Bonchev–Trinajstić information content (AvgIpc) is 3.30. The van der Waals surface area contributed by atoms with Crippen molar-refractivity contribution < 1.29 is 19.1 Å². The maximum atomic E-state index is 14.2. The SMILES string of the molecule is O=C1Oc2ccc(Cl)cc2[C@]1(c1ccccc1)[C@@]1(c2ccccc2)C(=O)Oc2ccc(Cl)cc21. The van der Waals surface area contributed by atoms with Gasteiger partial charge in [-0.25, -0.2) is 0 Å². The first-order valence-electron chi connectivity index (χ1n) is 10.7. The number of carbonyl (C=O) groups is 2. The smallest absolute Gasteiger partial charge is 0.328 e. The first-order chi connectivity index (χ1) is 16.5. The molecule has 2 atom stereocenters. The molecule has 0 bridgehead atoms. The van der Waals surface area contributed by atoms with Crippen molar-refractivity contribution in [1.29, 1.82) is 0 Å². The van der Waals surface area contributed by atoms with E-state index in [4.69, 9.17) is 32.7 Å². The van der Waals surface area contributed by atoms with E-state index in [0.29, 0.717) is 43.8 Å². The van der Waals surface area contributed by atoms with Gasteiger partial charge in [-0.15, -0.1) is 0 Å². The van der Waals surface area contributed by atoms with Gasteiger partial charge in [-0.2, -0.15) is 0 Å². The summed E-state index contributed by atoms with van der Waals surface area (Å²) >= 11 is 12.9. The summed E-state index contributed by atoms with van der Waals surface area (Å²) in [7, 11) is 0. The lowest BCUT2D eigenvalue weighted by Crippen LogP contribution is -2.58. The standard InChI is InChI=1S/C28H16Cl2O4/c29-19-11-13-23-21(15-19)27(25(31)33-23,17-7-3-1-4-8-17)28(18-9-5-2-6-10-18)22-16-20(30)12-14-24(22)34-26(28)32/h1-16H/t27-,28+. The van der Waals surface area contributed by atoms with E-state index < -0.39 is 22.8 Å². The average molecular weight is 487 g/mol. The molecule has 6 heteroatoms. The molecule has 0 saturated carbocycles. The molecule has 166 valence electrons. The van der Waals surface area contributed by atoms with Gasteiger partial charge in [0.2, 0.25) is 0 Å². The Labute approximate surface area is 205 Å². The highest BCUT2D eigenvalue weighted by Crippen LogP contribution is 2.62. The van der Waals surface area contributed by atoms with Crippen molar-refractivity contribution in [3.63, 3.8) is 0 Å². The number of halogens is 2. The Morgan fingerprint density at radius 2 is 0.912 bits per heavy atom. The summed E-state index contributed by atoms with van der Waals surface area (Å²) in [5.74, 6) is -0.497. The molecule has 34 heavy (non-hydrogen) atoms. The van der Waals surface area contributed by atoms with Crippen molar-refractivity contribution in [2.24, 2.45) is 0 Å². The predicted octanol–water partition coefficient (Wildman–Crippen LogP) is 6.10. The molecule has 4 nitrogen and oxygen atoms in total. The Kier molecular flexibility index (Phi) is 4.60. The molecule has 4 aromatic rings. The highest BCUT2D eigenvalue weighted by atomic mass is 35.5. The maximum absolute atomic E-state index is 14.2. The molecular weight excluding hydrogens is 471 g/mol. The molecule has 6 rings (SSSR count). The van der Waals surface area contributed by atoms with Gasteiger partial charge in [-0.05, 0) is 47.5 Å². The second-order valence-corrected chi connectivity index (χ2v) is 9.16. The van der Waals surface area contributed by atoms with Gasteiger partial charge in [0.25, 0.3) is 0 Å². The van der Waals surface area contributed by atoms with Crippen LogP contribution in [0.1, 0.15) is 22.3 Å². The summed E-state index contributed by atoms with van der Waals surface area (Å²) in [4.78, 5) is 28.3. The fraction of sp³-hybridized carbons (Fsp3) is 0.0714. The minimum absolute atomic E-state index is 0.344. The summed E-state index contributed by atoms with van der Waals surface area (Å²) in [5.41, 5.74) is -1.11. The van der Waals surface area contributed by atoms with Gasteiger partial charge in [0.05, 0.1) is 0 Å². The first kappa shape index (κ1) is 21.0. The van der Waals surface area contributed by atoms with Crippen LogP contribution in [0.2, 0.25) is 10.0 Å². The van der Waals surface area contributed by atoms with E-state index >= 15 is 0 Å². The zero-order valence-corrected chi connectivity index (χ0v) is 19.1. The van der Waals surface area contributed by atoms with E-state index in [9.17, 15) is 9.59 Å². The minimum Gasteiger partial charge on any atom is -0.425 e. The molecule has 0 N–H and O–H groups in total. The molecule has 0 saturated heterocycles. The van der Waals surface area contributed by atoms with Gasteiger partial charge in [-0.3, -0.25) is 9.59 Å². The third kappa shape index (κ3) is 2.55. The molecule has 0 amide bonds. The van der Waals surface area contributed by atoms with Gasteiger partial charge in [-0.1, -0.05) is 83.9 Å². The van der Waals surface area contributed by atoms with Gasteiger partial charge < -0.3 is 9.47 Å². The molecule has 0 spiro atoms. The van der Waals surface area contributed by atoms with Crippen LogP contribution in [0.4, 0.5) is 0 Å². The van der Waals surface area contributed by atoms with Crippen molar-refractivity contribution in [1.82, 2.24) is 0 Å². The number of hydrogen-bond acceptors (Lipinski definition) is 4. The van der Waals surface area contributed by atoms with Gasteiger partial charge >= 0.3 is 11.9 Å². The van der Waals surface area contributed by atoms with Crippen molar-refractivity contribution >= 4 is 35.1 Å². The molecule has 4 aromatic carbocycles. The predicted molar refractivity (Wildman–Crippen MR) is 129 cm³/mol. The third-order valence-electron chi connectivity index (χ3n) is 6.69. The highest BCUT2D eigenvalue weighted by molar-refractivity contribution is 6.31. The van der Waals surface area contributed by atoms with Crippen LogP contribution in [0, 0.1) is 0 Å². The Morgan fingerprint density at radius 3 is 1.29 bits per heavy atom. The molecule has 0 radical (unpaired) electrons. The van der Waals surface area contributed by atoms with Crippen LogP contribution in [0.5, 0.6) is 11.5 Å².